The molecule has 2 rings (SSSR count). The van der Waals surface area contributed by atoms with E-state index >= 15 is 0 Å². The highest BCUT2D eigenvalue weighted by Crippen LogP contribution is 2.32. The lowest BCUT2D eigenvalue weighted by Crippen LogP contribution is -2.12. The monoisotopic (exact) mass is 325 g/mol. The number of aryl methyl sites for hydroxylation is 1. The first kappa shape index (κ1) is 14.8. The second-order valence-electron chi connectivity index (χ2n) is 4.04. The fourth-order valence-corrected chi connectivity index (χ4v) is 2.96. The van der Waals surface area contributed by atoms with Crippen LogP contribution < -0.4 is 5.32 Å². The molecule has 0 atom stereocenters. The van der Waals surface area contributed by atoms with Crippen LogP contribution in [0.3, 0.4) is 0 Å². The molecule has 1 N–H and O–H groups in total. The van der Waals surface area contributed by atoms with Crippen molar-refractivity contribution in [2.24, 2.45) is 0 Å². The molecular formula is C13H9Cl2N3OS. The fourth-order valence-electron chi connectivity index (χ4n) is 1.61. The number of amides is 1. The third kappa shape index (κ3) is 2.78. The van der Waals surface area contributed by atoms with Gasteiger partial charge in [0.25, 0.3) is 5.91 Å². The summed E-state index contributed by atoms with van der Waals surface area (Å²) in [4.78, 5) is 17.0. The van der Waals surface area contributed by atoms with Gasteiger partial charge in [0, 0.05) is 11.1 Å². The normalized spacial score (nSPS) is 10.2. The zero-order chi connectivity index (χ0) is 14.9. The number of nitriles is 1. The number of carbonyl (C=O) groups is 1. The zero-order valence-electron chi connectivity index (χ0n) is 10.6. The van der Waals surface area contributed by atoms with Crippen LogP contribution in [-0.2, 0) is 0 Å². The van der Waals surface area contributed by atoms with E-state index in [9.17, 15) is 4.79 Å². The molecule has 0 saturated heterocycles. The quantitative estimate of drug-likeness (QED) is 0.842. The van der Waals surface area contributed by atoms with Crippen LogP contribution in [0.25, 0.3) is 0 Å². The Morgan fingerprint density at radius 3 is 2.80 bits per heavy atom. The zero-order valence-corrected chi connectivity index (χ0v) is 12.9. The van der Waals surface area contributed by atoms with Crippen molar-refractivity contribution in [2.75, 3.05) is 5.32 Å². The second-order valence-corrected chi connectivity index (χ2v) is 6.06. The van der Waals surface area contributed by atoms with E-state index in [1.165, 1.54) is 23.6 Å². The highest BCUT2D eigenvalue weighted by Gasteiger charge is 2.17. The Kier molecular flexibility index (Phi) is 4.29. The maximum atomic E-state index is 12.2. The van der Waals surface area contributed by atoms with E-state index in [2.05, 4.69) is 16.4 Å². The summed E-state index contributed by atoms with van der Waals surface area (Å²) in [5.74, 6) is -0.419. The van der Waals surface area contributed by atoms with Gasteiger partial charge in [0.1, 0.15) is 16.2 Å². The third-order valence-corrected chi connectivity index (χ3v) is 4.42. The molecule has 2 heterocycles. The van der Waals surface area contributed by atoms with Crippen LogP contribution in [0.2, 0.25) is 10.2 Å². The van der Waals surface area contributed by atoms with Crippen molar-refractivity contribution < 1.29 is 4.79 Å². The molecule has 0 aliphatic rings. The number of carbonyl (C=O) groups excluding carboxylic acids is 1. The van der Waals surface area contributed by atoms with Crippen LogP contribution in [0, 0.1) is 25.2 Å². The summed E-state index contributed by atoms with van der Waals surface area (Å²) < 4.78 is 0. The molecule has 2 aromatic rings. The van der Waals surface area contributed by atoms with Gasteiger partial charge in [-0.05, 0) is 25.5 Å². The molecule has 0 unspecified atom stereocenters. The number of anilines is 1. The second kappa shape index (κ2) is 5.80. The maximum Gasteiger partial charge on any atom is 0.257 e. The van der Waals surface area contributed by atoms with Gasteiger partial charge in [-0.15, -0.1) is 11.3 Å². The molecule has 7 heteroatoms. The first-order valence-corrected chi connectivity index (χ1v) is 7.13. The van der Waals surface area contributed by atoms with Crippen LogP contribution in [0.4, 0.5) is 5.00 Å². The van der Waals surface area contributed by atoms with Gasteiger partial charge in [-0.3, -0.25) is 4.79 Å². The molecule has 0 bridgehead atoms. The van der Waals surface area contributed by atoms with Gasteiger partial charge in [0.15, 0.2) is 0 Å². The number of nitrogens with zero attached hydrogens (tertiary/aromatic N) is 2. The molecule has 4 nitrogen and oxygen atoms in total. The molecule has 2 aromatic heterocycles. The van der Waals surface area contributed by atoms with Crippen LogP contribution >= 0.6 is 34.5 Å². The minimum atomic E-state index is -0.419. The smallest absolute Gasteiger partial charge is 0.257 e. The number of aromatic nitrogens is 1. The number of halogens is 2. The van der Waals surface area contributed by atoms with Crippen LogP contribution in [0.1, 0.15) is 26.4 Å². The van der Waals surface area contributed by atoms with Crippen molar-refractivity contribution in [1.82, 2.24) is 4.98 Å². The van der Waals surface area contributed by atoms with Gasteiger partial charge in [-0.25, -0.2) is 4.98 Å². The average Bonchev–Trinajstić information content (AvgIpc) is 2.67. The van der Waals surface area contributed by atoms with Crippen molar-refractivity contribution >= 4 is 45.4 Å². The summed E-state index contributed by atoms with van der Waals surface area (Å²) in [5.41, 5.74) is 1.56. The Hall–Kier alpha value is -1.61. The van der Waals surface area contributed by atoms with E-state index in [0.717, 1.165) is 10.4 Å². The Bertz CT molecular complexity index is 734. The molecule has 0 aliphatic carbocycles. The minimum absolute atomic E-state index is 0.179. The highest BCUT2D eigenvalue weighted by molar-refractivity contribution is 7.16. The molecule has 0 saturated carbocycles. The van der Waals surface area contributed by atoms with Gasteiger partial charge in [-0.2, -0.15) is 5.26 Å². The minimum Gasteiger partial charge on any atom is -0.312 e. The van der Waals surface area contributed by atoms with Crippen molar-refractivity contribution in [3.8, 4) is 6.07 Å². The predicted molar refractivity (Wildman–Crippen MR) is 80.7 cm³/mol. The van der Waals surface area contributed by atoms with E-state index < -0.39 is 5.91 Å². The molecular weight excluding hydrogens is 317 g/mol. The molecule has 102 valence electrons. The first-order chi connectivity index (χ1) is 9.43. The largest absolute Gasteiger partial charge is 0.312 e. The Labute approximate surface area is 130 Å². The van der Waals surface area contributed by atoms with Crippen molar-refractivity contribution in [1.29, 1.82) is 5.26 Å². The Morgan fingerprint density at radius 1 is 1.45 bits per heavy atom. The van der Waals surface area contributed by atoms with Crippen molar-refractivity contribution in [3.05, 3.63) is 44.0 Å². The first-order valence-electron chi connectivity index (χ1n) is 5.56. The van der Waals surface area contributed by atoms with E-state index in [-0.39, 0.29) is 15.7 Å². The van der Waals surface area contributed by atoms with E-state index in [1.807, 2.05) is 13.8 Å². The standard InChI is InChI=1S/C13H9Cl2N3OS/c1-6-7(2)20-13(9(6)4-16)18-12(19)8-3-11(15)17-5-10(8)14/h3,5H,1-2H3,(H,18,19). The van der Waals surface area contributed by atoms with Crippen molar-refractivity contribution in [2.45, 2.75) is 13.8 Å². The Balaban J connectivity index is 2.36. The van der Waals surface area contributed by atoms with Gasteiger partial charge in [0.2, 0.25) is 0 Å². The molecule has 0 radical (unpaired) electrons. The number of thiophene rings is 1. The molecule has 20 heavy (non-hydrogen) atoms. The van der Waals surface area contributed by atoms with Crippen LogP contribution in [0.15, 0.2) is 12.3 Å². The summed E-state index contributed by atoms with van der Waals surface area (Å²) in [6, 6.07) is 3.48. The molecule has 0 aliphatic heterocycles. The highest BCUT2D eigenvalue weighted by atomic mass is 35.5. The SMILES string of the molecule is Cc1sc(NC(=O)c2cc(Cl)ncc2Cl)c(C#N)c1C. The number of rotatable bonds is 2. The predicted octanol–water partition coefficient (Wildman–Crippen LogP) is 4.19. The number of hydrogen-bond donors (Lipinski definition) is 1. The number of pyridine rings is 1. The van der Waals surface area contributed by atoms with E-state index in [4.69, 9.17) is 28.5 Å². The molecule has 0 fully saturated rings. The van der Waals surface area contributed by atoms with Gasteiger partial charge < -0.3 is 5.32 Å². The Morgan fingerprint density at radius 2 is 2.15 bits per heavy atom. The third-order valence-electron chi connectivity index (χ3n) is 2.79. The van der Waals surface area contributed by atoms with Crippen LogP contribution in [0.5, 0.6) is 0 Å². The lowest BCUT2D eigenvalue weighted by molar-refractivity contribution is 0.102. The topological polar surface area (TPSA) is 65.8 Å². The number of hydrogen-bond acceptors (Lipinski definition) is 4. The molecule has 0 aromatic carbocycles. The van der Waals surface area contributed by atoms with E-state index in [1.54, 1.807) is 0 Å². The molecule has 0 spiro atoms. The number of nitrogens with one attached hydrogen (secondary N) is 1. The summed E-state index contributed by atoms with van der Waals surface area (Å²) in [6.07, 6.45) is 1.31. The lowest BCUT2D eigenvalue weighted by atomic mass is 10.2. The fraction of sp³-hybridized carbons (Fsp3) is 0.154. The summed E-state index contributed by atoms with van der Waals surface area (Å²) >= 11 is 13.0. The summed E-state index contributed by atoms with van der Waals surface area (Å²) in [7, 11) is 0. The average molecular weight is 326 g/mol. The van der Waals surface area contributed by atoms with E-state index in [0.29, 0.717) is 10.6 Å². The van der Waals surface area contributed by atoms with Gasteiger partial charge >= 0.3 is 0 Å². The lowest BCUT2D eigenvalue weighted by Gasteiger charge is -2.05. The van der Waals surface area contributed by atoms with Gasteiger partial charge in [0.05, 0.1) is 16.1 Å². The summed E-state index contributed by atoms with van der Waals surface area (Å²) in [5, 5.41) is 12.7. The van der Waals surface area contributed by atoms with Crippen molar-refractivity contribution in [3.63, 3.8) is 0 Å². The van der Waals surface area contributed by atoms with Gasteiger partial charge in [-0.1, -0.05) is 23.2 Å². The summed E-state index contributed by atoms with van der Waals surface area (Å²) in [6.45, 7) is 3.74. The maximum absolute atomic E-state index is 12.2. The van der Waals surface area contributed by atoms with Crippen LogP contribution in [-0.4, -0.2) is 10.9 Å². The molecule has 1 amide bonds.